The highest BCUT2D eigenvalue weighted by molar-refractivity contribution is 5.29. The molecule has 0 bridgehead atoms. The largest absolute Gasteiger partial charge is 0.365 e. The number of aromatic nitrogens is 2. The van der Waals surface area contributed by atoms with Crippen molar-refractivity contribution in [2.24, 2.45) is 5.92 Å². The average Bonchev–Trinajstić information content (AvgIpc) is 2.76. The highest BCUT2D eigenvalue weighted by atomic mass is 16.1. The van der Waals surface area contributed by atoms with Crippen molar-refractivity contribution in [3.8, 4) is 0 Å². The summed E-state index contributed by atoms with van der Waals surface area (Å²) in [5.41, 5.74) is -0.146. The molecule has 1 aromatic rings. The van der Waals surface area contributed by atoms with Crippen LogP contribution in [0.3, 0.4) is 0 Å². The maximum absolute atomic E-state index is 11.4. The second-order valence-corrected chi connectivity index (χ2v) is 4.20. The van der Waals surface area contributed by atoms with Crippen LogP contribution in [0, 0.1) is 5.92 Å². The molecule has 1 aliphatic heterocycles. The lowest BCUT2D eigenvalue weighted by molar-refractivity contribution is 0.345. The van der Waals surface area contributed by atoms with E-state index in [1.165, 1.54) is 13.0 Å². The number of nitrogens with one attached hydrogen (secondary N) is 2. The van der Waals surface area contributed by atoms with Crippen molar-refractivity contribution in [1.82, 2.24) is 14.9 Å². The van der Waals surface area contributed by atoms with Crippen LogP contribution in [0.25, 0.3) is 0 Å². The number of H-pyrrole nitrogens is 1. The summed E-state index contributed by atoms with van der Waals surface area (Å²) in [4.78, 5) is 20.4. The lowest BCUT2D eigenvalue weighted by atomic mass is 10.1. The summed E-state index contributed by atoms with van der Waals surface area (Å²) in [6.45, 7) is 6.41. The SMILES string of the molecule is CCN1CCC(CNc2ncc[nH]c2=O)C1. The molecule has 88 valence electrons. The summed E-state index contributed by atoms with van der Waals surface area (Å²) < 4.78 is 0. The molecule has 1 atom stereocenters. The van der Waals surface area contributed by atoms with Crippen molar-refractivity contribution in [2.45, 2.75) is 13.3 Å². The molecular formula is C11H18N4O. The number of likely N-dealkylation sites (tertiary alicyclic amines) is 1. The van der Waals surface area contributed by atoms with Crippen LogP contribution in [-0.4, -0.2) is 41.0 Å². The Hall–Kier alpha value is -1.36. The first-order valence-corrected chi connectivity index (χ1v) is 5.79. The molecule has 5 nitrogen and oxygen atoms in total. The van der Waals surface area contributed by atoms with Crippen LogP contribution < -0.4 is 10.9 Å². The van der Waals surface area contributed by atoms with Gasteiger partial charge in [0, 0.05) is 25.5 Å². The van der Waals surface area contributed by atoms with Crippen LogP contribution in [0.5, 0.6) is 0 Å². The van der Waals surface area contributed by atoms with Gasteiger partial charge in [-0.15, -0.1) is 0 Å². The molecule has 2 N–H and O–H groups in total. The maximum atomic E-state index is 11.4. The van der Waals surface area contributed by atoms with E-state index in [-0.39, 0.29) is 5.56 Å². The van der Waals surface area contributed by atoms with Gasteiger partial charge in [0.1, 0.15) is 0 Å². The molecule has 1 saturated heterocycles. The van der Waals surface area contributed by atoms with Gasteiger partial charge in [-0.3, -0.25) is 4.79 Å². The lowest BCUT2D eigenvalue weighted by Crippen LogP contribution is -2.24. The van der Waals surface area contributed by atoms with Crippen molar-refractivity contribution >= 4 is 5.82 Å². The second kappa shape index (κ2) is 5.12. The monoisotopic (exact) mass is 222 g/mol. The van der Waals surface area contributed by atoms with Gasteiger partial charge in [0.2, 0.25) is 0 Å². The van der Waals surface area contributed by atoms with Gasteiger partial charge in [-0.1, -0.05) is 6.92 Å². The number of anilines is 1. The molecule has 0 saturated carbocycles. The van der Waals surface area contributed by atoms with Crippen LogP contribution >= 0.6 is 0 Å². The summed E-state index contributed by atoms with van der Waals surface area (Å²) in [7, 11) is 0. The third-order valence-electron chi connectivity index (χ3n) is 3.08. The molecule has 0 amide bonds. The molecule has 1 unspecified atom stereocenters. The molecule has 1 aromatic heterocycles. The fourth-order valence-corrected chi connectivity index (χ4v) is 2.09. The van der Waals surface area contributed by atoms with Gasteiger partial charge in [0.15, 0.2) is 5.82 Å². The molecule has 5 heteroatoms. The summed E-state index contributed by atoms with van der Waals surface area (Å²) in [5.74, 6) is 1.05. The summed E-state index contributed by atoms with van der Waals surface area (Å²) in [6, 6.07) is 0. The Bertz CT molecular complexity index is 390. The van der Waals surface area contributed by atoms with Crippen molar-refractivity contribution < 1.29 is 0 Å². The fraction of sp³-hybridized carbons (Fsp3) is 0.636. The summed E-state index contributed by atoms with van der Waals surface area (Å²) in [6.07, 6.45) is 4.34. The second-order valence-electron chi connectivity index (χ2n) is 4.20. The highest BCUT2D eigenvalue weighted by Gasteiger charge is 2.20. The normalized spacial score (nSPS) is 21.2. The van der Waals surface area contributed by atoms with Crippen LogP contribution in [-0.2, 0) is 0 Å². The first kappa shape index (κ1) is 11.1. The lowest BCUT2D eigenvalue weighted by Gasteiger charge is -2.13. The molecular weight excluding hydrogens is 204 g/mol. The minimum Gasteiger partial charge on any atom is -0.365 e. The van der Waals surface area contributed by atoms with Gasteiger partial charge in [-0.2, -0.15) is 0 Å². The standard InChI is InChI=1S/C11H18N4O/c1-2-15-6-3-9(8-15)7-14-10-11(16)13-5-4-12-10/h4-5,9H,2-3,6-8H2,1H3,(H,12,14)(H,13,16). The van der Waals surface area contributed by atoms with Crippen LogP contribution in [0.15, 0.2) is 17.2 Å². The van der Waals surface area contributed by atoms with E-state index in [2.05, 4.69) is 27.1 Å². The van der Waals surface area contributed by atoms with E-state index in [0.717, 1.165) is 19.6 Å². The third-order valence-corrected chi connectivity index (χ3v) is 3.08. The topological polar surface area (TPSA) is 61.0 Å². The highest BCUT2D eigenvalue weighted by Crippen LogP contribution is 2.15. The molecule has 16 heavy (non-hydrogen) atoms. The molecule has 2 heterocycles. The van der Waals surface area contributed by atoms with Crippen molar-refractivity contribution in [3.63, 3.8) is 0 Å². The predicted octanol–water partition coefficient (Wildman–Crippen LogP) is 0.524. The van der Waals surface area contributed by atoms with Crippen molar-refractivity contribution in [3.05, 3.63) is 22.7 Å². The number of rotatable bonds is 4. The zero-order valence-electron chi connectivity index (χ0n) is 9.57. The number of aromatic amines is 1. The van der Waals surface area contributed by atoms with E-state index in [9.17, 15) is 4.79 Å². The zero-order valence-corrected chi connectivity index (χ0v) is 9.57. The van der Waals surface area contributed by atoms with E-state index in [0.29, 0.717) is 11.7 Å². The first-order chi connectivity index (χ1) is 7.79. The van der Waals surface area contributed by atoms with E-state index in [1.807, 2.05) is 0 Å². The minimum atomic E-state index is -0.146. The van der Waals surface area contributed by atoms with E-state index in [1.54, 1.807) is 12.4 Å². The van der Waals surface area contributed by atoms with Crippen molar-refractivity contribution in [1.29, 1.82) is 0 Å². The molecule has 0 spiro atoms. The first-order valence-electron chi connectivity index (χ1n) is 5.79. The van der Waals surface area contributed by atoms with Gasteiger partial charge < -0.3 is 15.2 Å². The molecule has 2 rings (SSSR count). The number of nitrogens with zero attached hydrogens (tertiary/aromatic N) is 2. The quantitative estimate of drug-likeness (QED) is 0.780. The number of hydrogen-bond acceptors (Lipinski definition) is 4. The smallest absolute Gasteiger partial charge is 0.290 e. The van der Waals surface area contributed by atoms with Gasteiger partial charge in [-0.25, -0.2) is 4.98 Å². The maximum Gasteiger partial charge on any atom is 0.290 e. The molecule has 0 aromatic carbocycles. The summed E-state index contributed by atoms with van der Waals surface area (Å²) in [5, 5.41) is 3.12. The van der Waals surface area contributed by atoms with E-state index in [4.69, 9.17) is 0 Å². The molecule has 0 radical (unpaired) electrons. The molecule has 1 aliphatic rings. The fourth-order valence-electron chi connectivity index (χ4n) is 2.09. The Balaban J connectivity index is 1.85. The Morgan fingerprint density at radius 1 is 1.69 bits per heavy atom. The summed E-state index contributed by atoms with van der Waals surface area (Å²) >= 11 is 0. The van der Waals surface area contributed by atoms with Gasteiger partial charge in [-0.05, 0) is 25.4 Å². The Labute approximate surface area is 94.9 Å². The van der Waals surface area contributed by atoms with E-state index < -0.39 is 0 Å². The van der Waals surface area contributed by atoms with Gasteiger partial charge in [0.25, 0.3) is 5.56 Å². The van der Waals surface area contributed by atoms with Gasteiger partial charge >= 0.3 is 0 Å². The average molecular weight is 222 g/mol. The molecule has 1 fully saturated rings. The van der Waals surface area contributed by atoms with Crippen LogP contribution in [0.1, 0.15) is 13.3 Å². The Morgan fingerprint density at radius 2 is 2.56 bits per heavy atom. The third kappa shape index (κ3) is 2.61. The number of hydrogen-bond donors (Lipinski definition) is 2. The van der Waals surface area contributed by atoms with E-state index >= 15 is 0 Å². The minimum absolute atomic E-state index is 0.146. The Kier molecular flexibility index (Phi) is 3.56. The Morgan fingerprint density at radius 3 is 3.25 bits per heavy atom. The zero-order chi connectivity index (χ0) is 11.4. The molecule has 0 aliphatic carbocycles. The van der Waals surface area contributed by atoms with Gasteiger partial charge in [0.05, 0.1) is 0 Å². The van der Waals surface area contributed by atoms with Crippen molar-refractivity contribution in [2.75, 3.05) is 31.5 Å². The van der Waals surface area contributed by atoms with Crippen LogP contribution in [0.2, 0.25) is 0 Å². The van der Waals surface area contributed by atoms with Crippen LogP contribution in [0.4, 0.5) is 5.82 Å². The predicted molar refractivity (Wildman–Crippen MR) is 63.6 cm³/mol.